The van der Waals surface area contributed by atoms with Gasteiger partial charge in [0, 0.05) is 19.2 Å². The van der Waals surface area contributed by atoms with E-state index in [1.165, 1.54) is 28.6 Å². The molecule has 2 aliphatic heterocycles. The Kier molecular flexibility index (Phi) is 4.16. The van der Waals surface area contributed by atoms with E-state index in [9.17, 15) is 18.5 Å². The minimum Gasteiger partial charge on any atom is -0.306 e. The first kappa shape index (κ1) is 16.4. The topological polar surface area (TPSA) is 83.8 Å². The second-order valence-corrected chi connectivity index (χ2v) is 8.52. The number of nitrogens with zero attached hydrogens (tertiary/aromatic N) is 3. The third kappa shape index (κ3) is 2.98. The normalized spacial score (nSPS) is 22.5. The van der Waals surface area contributed by atoms with Crippen molar-refractivity contribution in [2.45, 2.75) is 24.2 Å². The Morgan fingerprint density at radius 3 is 2.39 bits per heavy atom. The van der Waals surface area contributed by atoms with Crippen LogP contribution in [0.25, 0.3) is 0 Å². The van der Waals surface area contributed by atoms with Gasteiger partial charge in [-0.15, -0.1) is 0 Å². The predicted octanol–water partition coefficient (Wildman–Crippen LogP) is 1.70. The van der Waals surface area contributed by atoms with Gasteiger partial charge in [0.25, 0.3) is 5.69 Å². The molecule has 2 aliphatic rings. The number of piperidine rings is 1. The van der Waals surface area contributed by atoms with Gasteiger partial charge in [-0.3, -0.25) is 10.1 Å². The number of nitro benzene ring substituents is 1. The maximum absolute atomic E-state index is 12.9. The van der Waals surface area contributed by atoms with Gasteiger partial charge in [0.15, 0.2) is 4.90 Å². The Labute approximate surface area is 136 Å². The van der Waals surface area contributed by atoms with E-state index >= 15 is 0 Å². The predicted molar refractivity (Wildman–Crippen MR) is 85.6 cm³/mol. The molecular weight excluding hydrogens is 318 g/mol. The van der Waals surface area contributed by atoms with Crippen LogP contribution < -0.4 is 0 Å². The minimum atomic E-state index is -3.83. The number of sulfonamides is 1. The molecule has 0 unspecified atom stereocenters. The Balaban J connectivity index is 1.86. The van der Waals surface area contributed by atoms with Crippen molar-refractivity contribution in [2.75, 3.05) is 33.2 Å². The molecule has 7 nitrogen and oxygen atoms in total. The first-order chi connectivity index (χ1) is 10.8. The molecule has 0 radical (unpaired) electrons. The quantitative estimate of drug-likeness (QED) is 0.618. The van der Waals surface area contributed by atoms with Gasteiger partial charge in [0.1, 0.15) is 0 Å². The molecule has 8 heteroatoms. The number of rotatable bonds is 3. The van der Waals surface area contributed by atoms with E-state index in [-0.39, 0.29) is 16.0 Å². The molecule has 0 saturated carbocycles. The molecule has 0 atom stereocenters. The maximum atomic E-state index is 12.9. The van der Waals surface area contributed by atoms with Gasteiger partial charge in [-0.25, -0.2) is 8.42 Å². The van der Waals surface area contributed by atoms with Crippen LogP contribution in [-0.2, 0) is 10.0 Å². The number of para-hydroxylation sites is 1. The molecule has 0 N–H and O–H groups in total. The SMILES string of the molecule is CN1CCC2(CC1)CCN(S(=O)(=O)c1ccccc1[N+](=O)[O-])C2. The molecule has 1 spiro atoms. The molecule has 126 valence electrons. The lowest BCUT2D eigenvalue weighted by molar-refractivity contribution is -0.387. The highest BCUT2D eigenvalue weighted by Crippen LogP contribution is 2.42. The fourth-order valence-corrected chi connectivity index (χ4v) is 5.28. The number of hydrogen-bond acceptors (Lipinski definition) is 5. The van der Waals surface area contributed by atoms with Crippen molar-refractivity contribution in [1.29, 1.82) is 0 Å². The van der Waals surface area contributed by atoms with Crippen molar-refractivity contribution in [1.82, 2.24) is 9.21 Å². The van der Waals surface area contributed by atoms with Crippen molar-refractivity contribution < 1.29 is 13.3 Å². The first-order valence-corrected chi connectivity index (χ1v) is 9.20. The molecule has 23 heavy (non-hydrogen) atoms. The van der Waals surface area contributed by atoms with Gasteiger partial charge in [-0.05, 0) is 50.9 Å². The molecular formula is C15H21N3O4S. The van der Waals surface area contributed by atoms with Crippen molar-refractivity contribution >= 4 is 15.7 Å². The highest BCUT2D eigenvalue weighted by molar-refractivity contribution is 7.89. The molecule has 2 saturated heterocycles. The van der Waals surface area contributed by atoms with Crippen LogP contribution in [0.5, 0.6) is 0 Å². The van der Waals surface area contributed by atoms with E-state index in [2.05, 4.69) is 11.9 Å². The second-order valence-electron chi connectivity index (χ2n) is 6.62. The Morgan fingerprint density at radius 2 is 1.74 bits per heavy atom. The molecule has 1 aromatic carbocycles. The fourth-order valence-electron chi connectivity index (χ4n) is 3.57. The summed E-state index contributed by atoms with van der Waals surface area (Å²) in [6, 6.07) is 5.59. The van der Waals surface area contributed by atoms with Crippen molar-refractivity contribution in [3.8, 4) is 0 Å². The summed E-state index contributed by atoms with van der Waals surface area (Å²) in [5, 5.41) is 11.1. The van der Waals surface area contributed by atoms with Gasteiger partial charge in [0.2, 0.25) is 10.0 Å². The summed E-state index contributed by atoms with van der Waals surface area (Å²) < 4.78 is 27.2. The molecule has 1 aromatic rings. The summed E-state index contributed by atoms with van der Waals surface area (Å²) in [6.45, 7) is 2.85. The monoisotopic (exact) mass is 339 g/mol. The third-order valence-corrected chi connectivity index (χ3v) is 7.02. The minimum absolute atomic E-state index is 0.0309. The lowest BCUT2D eigenvalue weighted by atomic mass is 9.78. The van der Waals surface area contributed by atoms with Gasteiger partial charge >= 0.3 is 0 Å². The average Bonchev–Trinajstić information content (AvgIpc) is 2.95. The lowest BCUT2D eigenvalue weighted by Crippen LogP contribution is -2.40. The summed E-state index contributed by atoms with van der Waals surface area (Å²) in [7, 11) is -1.75. The zero-order chi connectivity index (χ0) is 16.7. The standard InChI is InChI=1S/C15H21N3O4S/c1-16-9-6-15(7-10-16)8-11-17(12-15)23(21,22)14-5-3-2-4-13(14)18(19)20/h2-5H,6-12H2,1H3. The molecule has 2 heterocycles. The number of likely N-dealkylation sites (tertiary alicyclic amines) is 1. The Hall–Kier alpha value is -1.51. The van der Waals surface area contributed by atoms with Gasteiger partial charge < -0.3 is 4.90 Å². The van der Waals surface area contributed by atoms with E-state index in [1.807, 2.05) is 0 Å². The first-order valence-electron chi connectivity index (χ1n) is 7.76. The average molecular weight is 339 g/mol. The van der Waals surface area contributed by atoms with Crippen molar-refractivity contribution in [3.05, 3.63) is 34.4 Å². The Bertz CT molecular complexity index is 711. The number of hydrogen-bond donors (Lipinski definition) is 0. The zero-order valence-electron chi connectivity index (χ0n) is 13.1. The summed E-state index contributed by atoms with van der Waals surface area (Å²) in [5.74, 6) is 0. The molecule has 0 aromatic heterocycles. The molecule has 0 bridgehead atoms. The van der Waals surface area contributed by atoms with E-state index in [0.717, 1.165) is 32.4 Å². The summed E-state index contributed by atoms with van der Waals surface area (Å²) in [4.78, 5) is 12.6. The molecule has 3 rings (SSSR count). The van der Waals surface area contributed by atoms with Gasteiger partial charge in [-0.2, -0.15) is 4.31 Å². The van der Waals surface area contributed by atoms with E-state index in [0.29, 0.717) is 13.1 Å². The van der Waals surface area contributed by atoms with Crippen LogP contribution in [0.15, 0.2) is 29.2 Å². The van der Waals surface area contributed by atoms with E-state index < -0.39 is 14.9 Å². The summed E-state index contributed by atoms with van der Waals surface area (Å²) in [5.41, 5.74) is -0.319. The maximum Gasteiger partial charge on any atom is 0.289 e. The molecule has 2 fully saturated rings. The Morgan fingerprint density at radius 1 is 1.13 bits per heavy atom. The van der Waals surface area contributed by atoms with Crippen LogP contribution in [0.4, 0.5) is 5.69 Å². The van der Waals surface area contributed by atoms with Crippen LogP contribution in [-0.4, -0.2) is 55.8 Å². The van der Waals surface area contributed by atoms with Crippen LogP contribution in [0.1, 0.15) is 19.3 Å². The highest BCUT2D eigenvalue weighted by Gasteiger charge is 2.45. The largest absolute Gasteiger partial charge is 0.306 e. The zero-order valence-corrected chi connectivity index (χ0v) is 14.0. The summed E-state index contributed by atoms with van der Waals surface area (Å²) in [6.07, 6.45) is 2.79. The smallest absolute Gasteiger partial charge is 0.289 e. The van der Waals surface area contributed by atoms with E-state index in [1.54, 1.807) is 0 Å². The molecule has 0 amide bonds. The van der Waals surface area contributed by atoms with Crippen molar-refractivity contribution in [3.63, 3.8) is 0 Å². The van der Waals surface area contributed by atoms with Crippen LogP contribution in [0.2, 0.25) is 0 Å². The van der Waals surface area contributed by atoms with Gasteiger partial charge in [0.05, 0.1) is 4.92 Å². The van der Waals surface area contributed by atoms with Crippen molar-refractivity contribution in [2.24, 2.45) is 5.41 Å². The third-order valence-electron chi connectivity index (χ3n) is 5.13. The molecule has 0 aliphatic carbocycles. The van der Waals surface area contributed by atoms with Crippen LogP contribution in [0, 0.1) is 15.5 Å². The highest BCUT2D eigenvalue weighted by atomic mass is 32.2. The lowest BCUT2D eigenvalue weighted by Gasteiger charge is -2.37. The van der Waals surface area contributed by atoms with Crippen LogP contribution >= 0.6 is 0 Å². The van der Waals surface area contributed by atoms with Crippen LogP contribution in [0.3, 0.4) is 0 Å². The van der Waals surface area contributed by atoms with Gasteiger partial charge in [-0.1, -0.05) is 12.1 Å². The van der Waals surface area contributed by atoms with E-state index in [4.69, 9.17) is 0 Å². The summed E-state index contributed by atoms with van der Waals surface area (Å²) >= 11 is 0. The fraction of sp³-hybridized carbons (Fsp3) is 0.600. The second kappa shape index (κ2) is 5.85. The number of benzene rings is 1. The number of nitro groups is 1.